The second-order valence-electron chi connectivity index (χ2n) is 8.04. The first-order chi connectivity index (χ1) is 15.1. The molecule has 6 nitrogen and oxygen atoms in total. The van der Waals surface area contributed by atoms with Crippen LogP contribution in [0.25, 0.3) is 0 Å². The first-order valence-corrected chi connectivity index (χ1v) is 11.1. The third kappa shape index (κ3) is 5.02. The molecule has 4 rings (SSSR count). The molecule has 2 aromatic rings. The lowest BCUT2D eigenvalue weighted by Gasteiger charge is -2.38. The minimum absolute atomic E-state index is 0.0680. The lowest BCUT2D eigenvalue weighted by molar-refractivity contribution is -0.125. The minimum atomic E-state index is -0.202. The van der Waals surface area contributed by atoms with E-state index < -0.39 is 0 Å². The molecule has 0 aromatic heterocycles. The monoisotopic (exact) mass is 442 g/mol. The van der Waals surface area contributed by atoms with Crippen molar-refractivity contribution >= 4 is 29.1 Å². The van der Waals surface area contributed by atoms with Gasteiger partial charge in [0.2, 0.25) is 11.8 Å². The number of rotatable bonds is 6. The van der Waals surface area contributed by atoms with Crippen molar-refractivity contribution in [3.63, 3.8) is 0 Å². The number of para-hydroxylation sites is 2. The topological polar surface area (TPSA) is 67.9 Å². The Bertz CT molecular complexity index is 943. The summed E-state index contributed by atoms with van der Waals surface area (Å²) in [4.78, 5) is 27.1. The maximum atomic E-state index is 12.8. The van der Waals surface area contributed by atoms with Crippen molar-refractivity contribution < 1.29 is 19.1 Å². The van der Waals surface area contributed by atoms with Crippen LogP contribution in [-0.2, 0) is 19.7 Å². The number of carbonyl (C=O) groups is 2. The van der Waals surface area contributed by atoms with E-state index in [0.29, 0.717) is 43.7 Å². The summed E-state index contributed by atoms with van der Waals surface area (Å²) in [7, 11) is 0. The first-order valence-electron chi connectivity index (χ1n) is 10.7. The molecule has 0 saturated carbocycles. The van der Waals surface area contributed by atoms with Gasteiger partial charge < -0.3 is 19.7 Å². The lowest BCUT2D eigenvalue weighted by atomic mass is 9.74. The van der Waals surface area contributed by atoms with E-state index >= 15 is 0 Å². The Hall–Kier alpha value is -2.57. The van der Waals surface area contributed by atoms with Crippen molar-refractivity contribution in [1.82, 2.24) is 5.32 Å². The fourth-order valence-electron chi connectivity index (χ4n) is 4.29. The van der Waals surface area contributed by atoms with Gasteiger partial charge in [0.15, 0.2) is 0 Å². The number of fused-ring (bicyclic) bond motifs is 1. The minimum Gasteiger partial charge on any atom is -0.490 e. The summed E-state index contributed by atoms with van der Waals surface area (Å²) in [6.07, 6.45) is 1.95. The van der Waals surface area contributed by atoms with Crippen molar-refractivity contribution in [3.05, 3.63) is 59.1 Å². The predicted molar refractivity (Wildman–Crippen MR) is 120 cm³/mol. The van der Waals surface area contributed by atoms with Gasteiger partial charge in [0.1, 0.15) is 12.4 Å². The Morgan fingerprint density at radius 2 is 1.84 bits per heavy atom. The van der Waals surface area contributed by atoms with Gasteiger partial charge in [-0.1, -0.05) is 35.9 Å². The van der Waals surface area contributed by atoms with E-state index in [2.05, 4.69) is 11.4 Å². The molecular formula is C24H27ClN2O4. The molecule has 0 radical (unpaired) electrons. The first kappa shape index (κ1) is 21.7. The molecule has 2 aliphatic heterocycles. The van der Waals surface area contributed by atoms with Gasteiger partial charge in [-0.25, -0.2) is 0 Å². The van der Waals surface area contributed by atoms with Gasteiger partial charge in [-0.05, 0) is 42.7 Å². The summed E-state index contributed by atoms with van der Waals surface area (Å²) in [5.41, 5.74) is 1.68. The van der Waals surface area contributed by atoms with Crippen LogP contribution in [0.2, 0.25) is 5.02 Å². The molecule has 1 fully saturated rings. The van der Waals surface area contributed by atoms with Crippen LogP contribution in [0, 0.1) is 0 Å². The maximum Gasteiger partial charge on any atom is 0.227 e. The molecule has 0 unspecified atom stereocenters. The number of benzene rings is 2. The van der Waals surface area contributed by atoms with Crippen LogP contribution in [-0.4, -0.2) is 44.7 Å². The number of anilines is 1. The number of nitrogens with one attached hydrogen (secondary N) is 1. The number of hydrogen-bond acceptors (Lipinski definition) is 4. The van der Waals surface area contributed by atoms with E-state index in [1.54, 1.807) is 4.90 Å². The summed E-state index contributed by atoms with van der Waals surface area (Å²) in [5.74, 6) is 0.513. The highest BCUT2D eigenvalue weighted by atomic mass is 35.5. The predicted octanol–water partition coefficient (Wildman–Crippen LogP) is 3.71. The Kier molecular flexibility index (Phi) is 6.78. The molecule has 0 bridgehead atoms. The van der Waals surface area contributed by atoms with Crippen LogP contribution in [0.4, 0.5) is 5.69 Å². The van der Waals surface area contributed by atoms with E-state index in [0.717, 1.165) is 24.1 Å². The number of carbonyl (C=O) groups excluding carboxylic acids is 2. The normalized spacial score (nSPS) is 17.4. The highest BCUT2D eigenvalue weighted by Gasteiger charge is 2.35. The van der Waals surface area contributed by atoms with Gasteiger partial charge in [0, 0.05) is 43.0 Å². The Morgan fingerprint density at radius 3 is 2.65 bits per heavy atom. The number of halogens is 1. The van der Waals surface area contributed by atoms with E-state index in [1.165, 1.54) is 0 Å². The van der Waals surface area contributed by atoms with E-state index in [-0.39, 0.29) is 30.1 Å². The average Bonchev–Trinajstić information content (AvgIpc) is 2.81. The molecule has 1 saturated heterocycles. The molecule has 164 valence electrons. The van der Waals surface area contributed by atoms with E-state index in [1.807, 2.05) is 42.5 Å². The molecular weight excluding hydrogens is 416 g/mol. The van der Waals surface area contributed by atoms with Crippen molar-refractivity contribution in [1.29, 1.82) is 0 Å². The Balaban J connectivity index is 1.35. The maximum absolute atomic E-state index is 12.8. The second kappa shape index (κ2) is 9.71. The van der Waals surface area contributed by atoms with Crippen molar-refractivity contribution in [2.75, 3.05) is 37.8 Å². The van der Waals surface area contributed by atoms with Crippen molar-refractivity contribution in [2.24, 2.45) is 0 Å². The number of amides is 2. The molecule has 7 heteroatoms. The summed E-state index contributed by atoms with van der Waals surface area (Å²) < 4.78 is 11.2. The second-order valence-corrected chi connectivity index (χ2v) is 8.48. The summed E-state index contributed by atoms with van der Waals surface area (Å²) in [5, 5.41) is 3.74. The zero-order chi connectivity index (χ0) is 21.7. The van der Waals surface area contributed by atoms with Crippen LogP contribution >= 0.6 is 11.6 Å². The zero-order valence-corrected chi connectivity index (χ0v) is 18.2. The number of ether oxygens (including phenoxy) is 2. The summed E-state index contributed by atoms with van der Waals surface area (Å²) >= 11 is 6.21. The largest absolute Gasteiger partial charge is 0.490 e. The highest BCUT2D eigenvalue weighted by Crippen LogP contribution is 2.35. The van der Waals surface area contributed by atoms with Gasteiger partial charge in [-0.15, -0.1) is 0 Å². The van der Waals surface area contributed by atoms with Gasteiger partial charge >= 0.3 is 0 Å². The Labute approximate surface area is 187 Å². The summed E-state index contributed by atoms with van der Waals surface area (Å²) in [6.45, 7) is 2.76. The molecule has 2 aromatic carbocycles. The van der Waals surface area contributed by atoms with Gasteiger partial charge in [0.05, 0.1) is 12.2 Å². The molecule has 31 heavy (non-hydrogen) atoms. The highest BCUT2D eigenvalue weighted by molar-refractivity contribution is 6.30. The third-order valence-electron chi connectivity index (χ3n) is 6.11. The van der Waals surface area contributed by atoms with E-state index in [9.17, 15) is 9.59 Å². The smallest absolute Gasteiger partial charge is 0.227 e. The van der Waals surface area contributed by atoms with Crippen LogP contribution < -0.4 is 15.0 Å². The number of hydrogen-bond donors (Lipinski definition) is 1. The molecule has 2 aliphatic rings. The molecule has 0 aliphatic carbocycles. The molecule has 1 N–H and O–H groups in total. The Morgan fingerprint density at radius 1 is 1.03 bits per heavy atom. The third-order valence-corrected chi connectivity index (χ3v) is 6.34. The number of nitrogens with zero attached hydrogens (tertiary/aromatic N) is 1. The molecule has 0 spiro atoms. The average molecular weight is 443 g/mol. The van der Waals surface area contributed by atoms with Crippen LogP contribution in [0.1, 0.15) is 31.2 Å². The van der Waals surface area contributed by atoms with Crippen LogP contribution in [0.5, 0.6) is 5.75 Å². The van der Waals surface area contributed by atoms with Crippen molar-refractivity contribution in [3.8, 4) is 5.75 Å². The van der Waals surface area contributed by atoms with Gasteiger partial charge in [-0.2, -0.15) is 0 Å². The zero-order valence-electron chi connectivity index (χ0n) is 17.4. The van der Waals surface area contributed by atoms with Crippen molar-refractivity contribution in [2.45, 2.75) is 31.1 Å². The van der Waals surface area contributed by atoms with Crippen LogP contribution in [0.3, 0.4) is 0 Å². The molecule has 0 atom stereocenters. The van der Waals surface area contributed by atoms with E-state index in [4.69, 9.17) is 21.1 Å². The molecule has 2 amide bonds. The fourth-order valence-corrected chi connectivity index (χ4v) is 4.48. The van der Waals surface area contributed by atoms with Crippen LogP contribution in [0.15, 0.2) is 48.5 Å². The quantitative estimate of drug-likeness (QED) is 0.740. The molecule has 2 heterocycles. The fraction of sp³-hybridized carbons (Fsp3) is 0.417. The SMILES string of the molecule is O=C(CCC(=O)N1CCOc2ccccc21)NCC1(c2cccc(Cl)c2)CCOCC1. The standard InChI is InChI=1S/C24H27ClN2O4/c25-19-5-3-4-18(16-19)24(10-13-30-14-11-24)17-26-22(28)8-9-23(29)27-12-15-31-21-7-2-1-6-20(21)27/h1-7,16H,8-15,17H2,(H,26,28). The lowest BCUT2D eigenvalue weighted by Crippen LogP contribution is -2.45. The summed E-state index contributed by atoms with van der Waals surface area (Å²) in [6, 6.07) is 15.3. The van der Waals surface area contributed by atoms with Gasteiger partial charge in [0.25, 0.3) is 0 Å². The van der Waals surface area contributed by atoms with Gasteiger partial charge in [-0.3, -0.25) is 9.59 Å².